The number of rotatable bonds is 5. The molecule has 1 aliphatic heterocycles. The average molecular weight is 498 g/mol. The third-order valence-corrected chi connectivity index (χ3v) is 5.94. The van der Waals surface area contributed by atoms with Crippen LogP contribution in [0.4, 0.5) is 4.39 Å². The number of pyridine rings is 1. The highest BCUT2D eigenvalue weighted by Crippen LogP contribution is 2.27. The molecule has 0 radical (unpaired) electrons. The van der Waals surface area contributed by atoms with E-state index in [1.807, 2.05) is 6.92 Å². The Labute approximate surface area is 210 Å². The highest BCUT2D eigenvalue weighted by atomic mass is 19.1. The number of aliphatic hydroxyl groups excluding tert-OH is 1. The molecule has 1 aromatic carbocycles. The van der Waals surface area contributed by atoms with Gasteiger partial charge in [0.1, 0.15) is 23.1 Å². The van der Waals surface area contributed by atoms with Crippen LogP contribution in [0.5, 0.6) is 5.88 Å². The van der Waals surface area contributed by atoms with E-state index in [4.69, 9.17) is 4.74 Å². The Bertz CT molecular complexity index is 1180. The highest BCUT2D eigenvalue weighted by Gasteiger charge is 2.35. The Hall–Kier alpha value is -3.48. The summed E-state index contributed by atoms with van der Waals surface area (Å²) in [5.41, 5.74) is -0.685. The van der Waals surface area contributed by atoms with Crippen molar-refractivity contribution < 1.29 is 28.9 Å². The van der Waals surface area contributed by atoms with Gasteiger partial charge in [0.25, 0.3) is 11.8 Å². The van der Waals surface area contributed by atoms with Crippen LogP contribution in [0.15, 0.2) is 36.5 Å². The second-order valence-electron chi connectivity index (χ2n) is 9.67. The Morgan fingerprint density at radius 2 is 2.08 bits per heavy atom. The first-order valence-electron chi connectivity index (χ1n) is 11.7. The molecule has 0 saturated heterocycles. The van der Waals surface area contributed by atoms with Crippen molar-refractivity contribution in [3.05, 3.63) is 59.0 Å². The molecule has 1 aliphatic rings. The minimum absolute atomic E-state index is 0.0437. The van der Waals surface area contributed by atoms with Crippen LogP contribution in [-0.2, 0) is 0 Å². The van der Waals surface area contributed by atoms with Gasteiger partial charge in [-0.3, -0.25) is 9.59 Å². The second-order valence-corrected chi connectivity index (χ2v) is 9.67. The molecule has 0 aliphatic carbocycles. The van der Waals surface area contributed by atoms with Gasteiger partial charge in [-0.15, -0.1) is 0 Å². The van der Waals surface area contributed by atoms with Gasteiger partial charge in [-0.2, -0.15) is 0 Å². The number of nitrogens with zero attached hydrogens (tertiary/aromatic N) is 3. The van der Waals surface area contributed by atoms with E-state index < -0.39 is 29.5 Å². The van der Waals surface area contributed by atoms with Crippen molar-refractivity contribution in [1.29, 1.82) is 0 Å². The second kappa shape index (κ2) is 11.1. The van der Waals surface area contributed by atoms with Crippen molar-refractivity contribution in [2.75, 3.05) is 26.7 Å². The number of benzene rings is 1. The molecule has 192 valence electrons. The number of amides is 2. The Morgan fingerprint density at radius 3 is 2.72 bits per heavy atom. The maximum Gasteiger partial charge on any atom is 0.259 e. The van der Waals surface area contributed by atoms with E-state index in [0.29, 0.717) is 5.56 Å². The van der Waals surface area contributed by atoms with Gasteiger partial charge in [-0.25, -0.2) is 9.37 Å². The summed E-state index contributed by atoms with van der Waals surface area (Å²) in [5, 5.41) is 19.7. The standard InChI is InChI=1S/C27H32FN3O5/c1-17-14-31(18(2)16-32)26(34)21-12-19(10-11-27(3,4)35)13-29-24(21)36-23(17)15-30(5)25(33)20-8-6-7-9-22(20)28/h6-9,12-13,17-18,23,32,35H,14-16H2,1-5H3/t17-,18+,23-/m1/s1. The van der Waals surface area contributed by atoms with E-state index in [9.17, 15) is 24.2 Å². The molecule has 2 amide bonds. The number of hydrogen-bond donors (Lipinski definition) is 2. The molecule has 3 rings (SSSR count). The van der Waals surface area contributed by atoms with Crippen LogP contribution >= 0.6 is 0 Å². The van der Waals surface area contributed by atoms with Crippen LogP contribution < -0.4 is 4.74 Å². The molecule has 8 nitrogen and oxygen atoms in total. The van der Waals surface area contributed by atoms with Gasteiger partial charge in [0.15, 0.2) is 0 Å². The number of fused-ring (bicyclic) bond motifs is 1. The molecule has 0 bridgehead atoms. The molecule has 0 fully saturated rings. The summed E-state index contributed by atoms with van der Waals surface area (Å²) in [6.45, 7) is 6.84. The lowest BCUT2D eigenvalue weighted by molar-refractivity contribution is 0.0312. The summed E-state index contributed by atoms with van der Waals surface area (Å²) in [7, 11) is 1.56. The molecule has 1 aromatic heterocycles. The largest absolute Gasteiger partial charge is 0.472 e. The normalized spacial score (nSPS) is 18.7. The van der Waals surface area contributed by atoms with Gasteiger partial charge in [0, 0.05) is 31.3 Å². The Morgan fingerprint density at radius 1 is 1.39 bits per heavy atom. The zero-order chi connectivity index (χ0) is 26.6. The first kappa shape index (κ1) is 27.1. The van der Waals surface area contributed by atoms with Crippen LogP contribution in [0.25, 0.3) is 0 Å². The van der Waals surface area contributed by atoms with Crippen LogP contribution in [0.3, 0.4) is 0 Å². The number of carbonyl (C=O) groups is 2. The van der Waals surface area contributed by atoms with E-state index in [1.165, 1.54) is 29.3 Å². The lowest BCUT2D eigenvalue weighted by atomic mass is 9.99. The third-order valence-electron chi connectivity index (χ3n) is 5.94. The fourth-order valence-corrected chi connectivity index (χ4v) is 3.81. The van der Waals surface area contributed by atoms with E-state index >= 15 is 0 Å². The number of likely N-dealkylation sites (N-methyl/N-ethyl adjacent to an activating group) is 1. The van der Waals surface area contributed by atoms with Crippen LogP contribution in [0.1, 0.15) is 54.0 Å². The van der Waals surface area contributed by atoms with Gasteiger partial charge in [0.05, 0.1) is 24.8 Å². The third kappa shape index (κ3) is 6.39. The average Bonchev–Trinajstić information content (AvgIpc) is 2.83. The van der Waals surface area contributed by atoms with Gasteiger partial charge in [-0.1, -0.05) is 30.9 Å². The SMILES string of the molecule is C[C@@H]1CN([C@@H](C)CO)C(=O)c2cc(C#CC(C)(C)O)cnc2O[C@@H]1CN(C)C(=O)c1ccccc1F. The van der Waals surface area contributed by atoms with E-state index in [1.54, 1.807) is 44.9 Å². The topological polar surface area (TPSA) is 103 Å². The summed E-state index contributed by atoms with van der Waals surface area (Å²) in [5.74, 6) is 3.86. The van der Waals surface area contributed by atoms with Crippen molar-refractivity contribution in [2.24, 2.45) is 5.92 Å². The molecule has 0 unspecified atom stereocenters. The molecule has 0 saturated carbocycles. The fourth-order valence-electron chi connectivity index (χ4n) is 3.81. The van der Waals surface area contributed by atoms with Gasteiger partial charge < -0.3 is 24.7 Å². The lowest BCUT2D eigenvalue weighted by Gasteiger charge is -2.37. The fraction of sp³-hybridized carbons (Fsp3) is 0.444. The van der Waals surface area contributed by atoms with Crippen LogP contribution in [0.2, 0.25) is 0 Å². The number of aliphatic hydroxyl groups is 2. The predicted molar refractivity (Wildman–Crippen MR) is 132 cm³/mol. The number of halogens is 1. The summed E-state index contributed by atoms with van der Waals surface area (Å²) < 4.78 is 20.3. The minimum Gasteiger partial charge on any atom is -0.472 e. The van der Waals surface area contributed by atoms with E-state index in [2.05, 4.69) is 16.8 Å². The first-order chi connectivity index (χ1) is 16.9. The van der Waals surface area contributed by atoms with Crippen molar-refractivity contribution in [2.45, 2.75) is 45.4 Å². The maximum absolute atomic E-state index is 14.2. The molecule has 2 heterocycles. The zero-order valence-corrected chi connectivity index (χ0v) is 21.2. The first-order valence-corrected chi connectivity index (χ1v) is 11.7. The number of hydrogen-bond acceptors (Lipinski definition) is 6. The molecular weight excluding hydrogens is 465 g/mol. The quantitative estimate of drug-likeness (QED) is 0.615. The van der Waals surface area contributed by atoms with Crippen LogP contribution in [-0.4, -0.2) is 81.3 Å². The van der Waals surface area contributed by atoms with Crippen LogP contribution in [0, 0.1) is 23.6 Å². The summed E-state index contributed by atoms with van der Waals surface area (Å²) in [4.78, 5) is 33.6. The van der Waals surface area contributed by atoms with Crippen molar-refractivity contribution in [3.63, 3.8) is 0 Å². The smallest absolute Gasteiger partial charge is 0.259 e. The molecule has 3 atom stereocenters. The number of aromatic nitrogens is 1. The molecule has 9 heteroatoms. The molecule has 2 N–H and O–H groups in total. The summed E-state index contributed by atoms with van der Waals surface area (Å²) >= 11 is 0. The molecule has 0 spiro atoms. The monoisotopic (exact) mass is 497 g/mol. The van der Waals surface area contributed by atoms with Crippen molar-refractivity contribution in [1.82, 2.24) is 14.8 Å². The highest BCUT2D eigenvalue weighted by molar-refractivity contribution is 5.97. The summed E-state index contributed by atoms with van der Waals surface area (Å²) in [6.07, 6.45) is 0.870. The zero-order valence-electron chi connectivity index (χ0n) is 21.2. The summed E-state index contributed by atoms with van der Waals surface area (Å²) in [6, 6.07) is 6.83. The minimum atomic E-state index is -1.22. The van der Waals surface area contributed by atoms with Crippen molar-refractivity contribution in [3.8, 4) is 17.7 Å². The Balaban J connectivity index is 1.97. The van der Waals surface area contributed by atoms with Gasteiger partial charge in [0.2, 0.25) is 5.88 Å². The van der Waals surface area contributed by atoms with Gasteiger partial charge in [-0.05, 0) is 39.0 Å². The molecule has 36 heavy (non-hydrogen) atoms. The maximum atomic E-state index is 14.2. The lowest BCUT2D eigenvalue weighted by Crippen LogP contribution is -2.50. The van der Waals surface area contributed by atoms with E-state index in [-0.39, 0.29) is 48.5 Å². The number of ether oxygens (including phenoxy) is 1. The van der Waals surface area contributed by atoms with Gasteiger partial charge >= 0.3 is 0 Å². The van der Waals surface area contributed by atoms with Crippen molar-refractivity contribution >= 4 is 11.8 Å². The molecular formula is C27H32FN3O5. The Kier molecular flexibility index (Phi) is 8.33. The predicted octanol–water partition coefficient (Wildman–Crippen LogP) is 2.34. The number of carbonyl (C=O) groups excluding carboxylic acids is 2. The molecule has 2 aromatic rings. The van der Waals surface area contributed by atoms with E-state index in [0.717, 1.165) is 0 Å².